The predicted octanol–water partition coefficient (Wildman–Crippen LogP) is 4.27. The number of nitrogens with zero attached hydrogens (tertiary/aromatic N) is 1. The molecule has 0 spiro atoms. The molecular weight excluding hydrogens is 348 g/mol. The standard InChI is InChI=1S/C21H17ClN2O2/c22-19-4-2-1-3-14(19)7-10-24-21(25)15-5-6-18-17-8-9-23-12-16(17)13-26-20(18)11-15/h1-6,8-9,11-12H,7,10,13H2,(H,24,25). The van der Waals surface area contributed by atoms with Crippen molar-refractivity contribution in [2.45, 2.75) is 13.0 Å². The van der Waals surface area contributed by atoms with E-state index in [-0.39, 0.29) is 5.91 Å². The van der Waals surface area contributed by atoms with Crippen LogP contribution in [0.25, 0.3) is 11.1 Å². The lowest BCUT2D eigenvalue weighted by Crippen LogP contribution is -2.25. The molecule has 0 atom stereocenters. The summed E-state index contributed by atoms with van der Waals surface area (Å²) in [5.74, 6) is 0.603. The lowest BCUT2D eigenvalue weighted by atomic mass is 9.97. The molecule has 1 aliphatic heterocycles. The summed E-state index contributed by atoms with van der Waals surface area (Å²) in [6, 6.07) is 15.2. The average molecular weight is 365 g/mol. The van der Waals surface area contributed by atoms with Crippen LogP contribution < -0.4 is 10.1 Å². The first-order chi connectivity index (χ1) is 12.7. The van der Waals surface area contributed by atoms with Gasteiger partial charge in [0.05, 0.1) is 0 Å². The van der Waals surface area contributed by atoms with E-state index in [4.69, 9.17) is 16.3 Å². The van der Waals surface area contributed by atoms with Crippen LogP contribution in [-0.2, 0) is 13.0 Å². The highest BCUT2D eigenvalue weighted by atomic mass is 35.5. The lowest BCUT2D eigenvalue weighted by molar-refractivity contribution is 0.0953. The number of halogens is 1. The molecule has 130 valence electrons. The minimum atomic E-state index is -0.121. The molecule has 0 saturated carbocycles. The number of rotatable bonds is 4. The maximum atomic E-state index is 12.4. The molecule has 0 radical (unpaired) electrons. The summed E-state index contributed by atoms with van der Waals surface area (Å²) >= 11 is 6.14. The molecule has 3 aromatic rings. The normalized spacial score (nSPS) is 11.9. The Morgan fingerprint density at radius 1 is 1.15 bits per heavy atom. The van der Waals surface area contributed by atoms with E-state index in [1.807, 2.05) is 48.7 Å². The molecule has 2 aromatic carbocycles. The molecule has 26 heavy (non-hydrogen) atoms. The van der Waals surface area contributed by atoms with Crippen molar-refractivity contribution in [3.05, 3.63) is 82.6 Å². The Hall–Kier alpha value is -2.85. The molecule has 2 heterocycles. The van der Waals surface area contributed by atoms with Gasteiger partial charge >= 0.3 is 0 Å². The maximum absolute atomic E-state index is 12.4. The first-order valence-electron chi connectivity index (χ1n) is 8.44. The zero-order chi connectivity index (χ0) is 17.9. The van der Waals surface area contributed by atoms with Gasteiger partial charge in [-0.1, -0.05) is 29.8 Å². The average Bonchev–Trinajstić information content (AvgIpc) is 2.69. The SMILES string of the molecule is O=C(NCCc1ccccc1Cl)c1ccc2c(c1)OCc1cnccc1-2. The minimum absolute atomic E-state index is 0.121. The molecule has 0 saturated heterocycles. The Labute approximate surface area is 156 Å². The molecule has 0 aliphatic carbocycles. The summed E-state index contributed by atoms with van der Waals surface area (Å²) in [5, 5.41) is 3.66. The zero-order valence-corrected chi connectivity index (χ0v) is 14.8. The van der Waals surface area contributed by atoms with Crippen molar-refractivity contribution in [2.24, 2.45) is 0 Å². The fraction of sp³-hybridized carbons (Fsp3) is 0.143. The van der Waals surface area contributed by atoms with E-state index in [9.17, 15) is 4.79 Å². The molecule has 1 aromatic heterocycles. The van der Waals surface area contributed by atoms with Crippen LogP contribution in [0.5, 0.6) is 5.75 Å². The Morgan fingerprint density at radius 3 is 2.92 bits per heavy atom. The van der Waals surface area contributed by atoms with Gasteiger partial charge in [0.15, 0.2) is 0 Å². The third-order valence-electron chi connectivity index (χ3n) is 4.46. The van der Waals surface area contributed by atoms with Crippen molar-refractivity contribution < 1.29 is 9.53 Å². The van der Waals surface area contributed by atoms with Crippen molar-refractivity contribution in [1.29, 1.82) is 0 Å². The van der Waals surface area contributed by atoms with Gasteiger partial charge in [0.1, 0.15) is 12.4 Å². The predicted molar refractivity (Wildman–Crippen MR) is 101 cm³/mol. The fourth-order valence-electron chi connectivity index (χ4n) is 3.08. The third kappa shape index (κ3) is 3.28. The van der Waals surface area contributed by atoms with Gasteiger partial charge in [-0.05, 0) is 47.9 Å². The quantitative estimate of drug-likeness (QED) is 0.752. The van der Waals surface area contributed by atoms with Gasteiger partial charge in [-0.15, -0.1) is 0 Å². The van der Waals surface area contributed by atoms with Crippen molar-refractivity contribution in [3.8, 4) is 16.9 Å². The van der Waals surface area contributed by atoms with Gasteiger partial charge in [-0.2, -0.15) is 0 Å². The van der Waals surface area contributed by atoms with E-state index in [1.54, 1.807) is 12.3 Å². The molecule has 1 aliphatic rings. The number of pyridine rings is 1. The van der Waals surface area contributed by atoms with E-state index in [0.29, 0.717) is 25.1 Å². The van der Waals surface area contributed by atoms with Crippen LogP contribution >= 0.6 is 11.6 Å². The Bertz CT molecular complexity index is 972. The molecule has 4 nitrogen and oxygen atoms in total. The zero-order valence-electron chi connectivity index (χ0n) is 14.0. The van der Waals surface area contributed by atoms with Crippen LogP contribution in [0, 0.1) is 0 Å². The second-order valence-electron chi connectivity index (χ2n) is 6.13. The van der Waals surface area contributed by atoms with Crippen LogP contribution in [0.15, 0.2) is 60.9 Å². The second kappa shape index (κ2) is 7.18. The summed E-state index contributed by atoms with van der Waals surface area (Å²) in [4.78, 5) is 16.6. The number of amides is 1. The fourth-order valence-corrected chi connectivity index (χ4v) is 3.31. The number of ether oxygens (including phenoxy) is 1. The topological polar surface area (TPSA) is 51.2 Å². The number of carbonyl (C=O) groups excluding carboxylic acids is 1. The van der Waals surface area contributed by atoms with E-state index in [2.05, 4.69) is 10.3 Å². The van der Waals surface area contributed by atoms with Crippen LogP contribution in [0.3, 0.4) is 0 Å². The summed E-state index contributed by atoms with van der Waals surface area (Å²) in [6.45, 7) is 0.989. The number of fused-ring (bicyclic) bond motifs is 3. The number of aromatic nitrogens is 1. The van der Waals surface area contributed by atoms with Gasteiger partial charge in [0.25, 0.3) is 5.91 Å². The van der Waals surface area contributed by atoms with Crippen LogP contribution in [0.2, 0.25) is 5.02 Å². The highest BCUT2D eigenvalue weighted by molar-refractivity contribution is 6.31. The Morgan fingerprint density at radius 2 is 2.04 bits per heavy atom. The molecule has 5 heteroatoms. The molecule has 0 unspecified atom stereocenters. The van der Waals surface area contributed by atoms with Gasteiger partial charge in [-0.25, -0.2) is 0 Å². The molecule has 4 rings (SSSR count). The van der Waals surface area contributed by atoms with Crippen molar-refractivity contribution in [1.82, 2.24) is 10.3 Å². The van der Waals surface area contributed by atoms with Gasteiger partial charge in [0, 0.05) is 40.7 Å². The van der Waals surface area contributed by atoms with Gasteiger partial charge in [-0.3, -0.25) is 9.78 Å². The van der Waals surface area contributed by atoms with Gasteiger partial charge in [0.2, 0.25) is 0 Å². The van der Waals surface area contributed by atoms with E-state index in [0.717, 1.165) is 33.0 Å². The smallest absolute Gasteiger partial charge is 0.251 e. The molecular formula is C21H17ClN2O2. The summed E-state index contributed by atoms with van der Waals surface area (Å²) in [5.41, 5.74) is 4.75. The van der Waals surface area contributed by atoms with E-state index in [1.165, 1.54) is 0 Å². The largest absolute Gasteiger partial charge is 0.488 e. The third-order valence-corrected chi connectivity index (χ3v) is 4.83. The Kier molecular flexibility index (Phi) is 4.59. The minimum Gasteiger partial charge on any atom is -0.488 e. The highest BCUT2D eigenvalue weighted by Crippen LogP contribution is 2.37. The molecule has 1 N–H and O–H groups in total. The first-order valence-corrected chi connectivity index (χ1v) is 8.82. The van der Waals surface area contributed by atoms with Crippen molar-refractivity contribution >= 4 is 17.5 Å². The Balaban J connectivity index is 1.46. The van der Waals surface area contributed by atoms with E-state index >= 15 is 0 Å². The number of carbonyl (C=O) groups is 1. The molecule has 0 fully saturated rings. The summed E-state index contributed by atoms with van der Waals surface area (Å²) < 4.78 is 5.79. The number of hydrogen-bond acceptors (Lipinski definition) is 3. The molecule has 1 amide bonds. The van der Waals surface area contributed by atoms with Crippen LogP contribution in [0.1, 0.15) is 21.5 Å². The second-order valence-corrected chi connectivity index (χ2v) is 6.54. The first kappa shape index (κ1) is 16.6. The van der Waals surface area contributed by atoms with Crippen LogP contribution in [0.4, 0.5) is 0 Å². The summed E-state index contributed by atoms with van der Waals surface area (Å²) in [7, 11) is 0. The van der Waals surface area contributed by atoms with Crippen LogP contribution in [-0.4, -0.2) is 17.4 Å². The number of benzene rings is 2. The van der Waals surface area contributed by atoms with Crippen molar-refractivity contribution in [3.63, 3.8) is 0 Å². The van der Waals surface area contributed by atoms with Crippen molar-refractivity contribution in [2.75, 3.05) is 6.54 Å². The number of nitrogens with one attached hydrogen (secondary N) is 1. The lowest BCUT2D eigenvalue weighted by Gasteiger charge is -2.20. The molecule has 0 bridgehead atoms. The highest BCUT2D eigenvalue weighted by Gasteiger charge is 2.18. The monoisotopic (exact) mass is 364 g/mol. The number of hydrogen-bond donors (Lipinski definition) is 1. The maximum Gasteiger partial charge on any atom is 0.251 e. The summed E-state index contributed by atoms with van der Waals surface area (Å²) in [6.07, 6.45) is 4.27. The van der Waals surface area contributed by atoms with Gasteiger partial charge < -0.3 is 10.1 Å². The van der Waals surface area contributed by atoms with E-state index < -0.39 is 0 Å².